The van der Waals surface area contributed by atoms with Crippen LogP contribution < -0.4 is 10.3 Å². The van der Waals surface area contributed by atoms with E-state index in [2.05, 4.69) is 29.3 Å². The van der Waals surface area contributed by atoms with Gasteiger partial charge in [0.05, 0.1) is 6.21 Å². The second-order valence-electron chi connectivity index (χ2n) is 5.79. The molecular formula is C16H25N3O3. The summed E-state index contributed by atoms with van der Waals surface area (Å²) in [5.74, 6) is 0.110. The first-order valence-corrected chi connectivity index (χ1v) is 7.36. The molecule has 6 heteroatoms. The van der Waals surface area contributed by atoms with Crippen molar-refractivity contribution in [2.24, 2.45) is 5.10 Å². The molecule has 1 rings (SSSR count). The van der Waals surface area contributed by atoms with Crippen LogP contribution in [-0.4, -0.2) is 36.1 Å². The van der Waals surface area contributed by atoms with Gasteiger partial charge in [-0.3, -0.25) is 0 Å². The van der Waals surface area contributed by atoms with Crippen LogP contribution in [0, 0.1) is 0 Å². The predicted octanol–water partition coefficient (Wildman–Crippen LogP) is 3.10. The van der Waals surface area contributed by atoms with E-state index >= 15 is 0 Å². The summed E-state index contributed by atoms with van der Waals surface area (Å²) in [5, 5.41) is 13.8. The Balaban J connectivity index is 2.70. The largest absolute Gasteiger partial charge is 0.507 e. The Labute approximate surface area is 131 Å². The van der Waals surface area contributed by atoms with Gasteiger partial charge in [0.1, 0.15) is 11.4 Å². The standard InChI is InChI=1S/C16H25N3O3/c1-6-19(7-2)13-9-8-12(14(20)10-13)11-17-18-15(21)22-16(3,4)5/h8-11,20H,6-7H2,1-5H3,(H,18,21). The number of nitrogens with zero attached hydrogens (tertiary/aromatic N) is 2. The molecule has 1 amide bonds. The zero-order valence-electron chi connectivity index (χ0n) is 13.9. The first-order valence-electron chi connectivity index (χ1n) is 7.36. The number of aromatic hydroxyl groups is 1. The lowest BCUT2D eigenvalue weighted by atomic mass is 10.2. The molecule has 0 heterocycles. The van der Waals surface area contributed by atoms with Crippen molar-refractivity contribution in [3.05, 3.63) is 23.8 Å². The molecule has 0 aliphatic heterocycles. The summed E-state index contributed by atoms with van der Waals surface area (Å²) in [5.41, 5.74) is 3.15. The molecule has 1 aromatic rings. The van der Waals surface area contributed by atoms with Crippen molar-refractivity contribution in [2.75, 3.05) is 18.0 Å². The Kier molecular flexibility index (Phi) is 6.22. The second kappa shape index (κ2) is 7.68. The lowest BCUT2D eigenvalue weighted by Gasteiger charge is -2.21. The first-order chi connectivity index (χ1) is 10.3. The van der Waals surface area contributed by atoms with Gasteiger partial charge in [0.15, 0.2) is 0 Å². The average Bonchev–Trinajstić information content (AvgIpc) is 2.40. The topological polar surface area (TPSA) is 74.2 Å². The molecule has 0 radical (unpaired) electrons. The molecular weight excluding hydrogens is 282 g/mol. The number of ether oxygens (including phenoxy) is 1. The van der Waals surface area contributed by atoms with Crippen LogP contribution in [0.1, 0.15) is 40.2 Å². The SMILES string of the molecule is CCN(CC)c1ccc(C=NNC(=O)OC(C)(C)C)c(O)c1. The molecule has 22 heavy (non-hydrogen) atoms. The van der Waals surface area contributed by atoms with Crippen LogP contribution in [0.4, 0.5) is 10.5 Å². The van der Waals surface area contributed by atoms with E-state index in [1.807, 2.05) is 6.07 Å². The van der Waals surface area contributed by atoms with E-state index in [1.54, 1.807) is 32.9 Å². The molecule has 0 aliphatic carbocycles. The van der Waals surface area contributed by atoms with Crippen molar-refractivity contribution in [3.63, 3.8) is 0 Å². The number of hydrogen-bond donors (Lipinski definition) is 2. The number of anilines is 1. The first kappa shape index (κ1) is 17.8. The van der Waals surface area contributed by atoms with Gasteiger partial charge >= 0.3 is 6.09 Å². The van der Waals surface area contributed by atoms with Crippen molar-refractivity contribution in [2.45, 2.75) is 40.2 Å². The molecule has 122 valence electrons. The van der Waals surface area contributed by atoms with Crippen LogP contribution in [0.15, 0.2) is 23.3 Å². The Bertz CT molecular complexity index is 532. The van der Waals surface area contributed by atoms with Gasteiger partial charge < -0.3 is 14.7 Å². The minimum atomic E-state index is -0.636. The Morgan fingerprint density at radius 1 is 1.36 bits per heavy atom. The number of hydrazone groups is 1. The maximum Gasteiger partial charge on any atom is 0.428 e. The van der Waals surface area contributed by atoms with E-state index in [0.717, 1.165) is 18.8 Å². The molecule has 0 unspecified atom stereocenters. The Morgan fingerprint density at radius 3 is 2.50 bits per heavy atom. The zero-order valence-corrected chi connectivity index (χ0v) is 13.9. The van der Waals surface area contributed by atoms with E-state index < -0.39 is 11.7 Å². The van der Waals surface area contributed by atoms with E-state index in [0.29, 0.717) is 5.56 Å². The van der Waals surface area contributed by atoms with Crippen LogP contribution in [0.25, 0.3) is 0 Å². The summed E-state index contributed by atoms with van der Waals surface area (Å²) in [4.78, 5) is 13.6. The normalized spacial score (nSPS) is 11.5. The van der Waals surface area contributed by atoms with Crippen LogP contribution in [-0.2, 0) is 4.74 Å². The number of phenols is 1. The summed E-state index contributed by atoms with van der Waals surface area (Å²) < 4.78 is 5.05. The van der Waals surface area contributed by atoms with Crippen molar-refractivity contribution in [1.82, 2.24) is 5.43 Å². The quantitative estimate of drug-likeness (QED) is 0.647. The summed E-state index contributed by atoms with van der Waals surface area (Å²) in [6.07, 6.45) is 0.744. The summed E-state index contributed by atoms with van der Waals surface area (Å²) in [7, 11) is 0. The number of hydrogen-bond acceptors (Lipinski definition) is 5. The maximum absolute atomic E-state index is 11.4. The van der Waals surface area contributed by atoms with Gasteiger partial charge in [-0.15, -0.1) is 0 Å². The predicted molar refractivity (Wildman–Crippen MR) is 88.6 cm³/mol. The molecule has 0 bridgehead atoms. The number of benzene rings is 1. The molecule has 0 atom stereocenters. The van der Waals surface area contributed by atoms with Crippen LogP contribution in [0.2, 0.25) is 0 Å². The van der Waals surface area contributed by atoms with Gasteiger partial charge in [-0.2, -0.15) is 5.10 Å². The zero-order chi connectivity index (χ0) is 16.8. The summed E-state index contributed by atoms with van der Waals surface area (Å²) in [6.45, 7) is 11.2. The minimum absolute atomic E-state index is 0.110. The van der Waals surface area contributed by atoms with E-state index in [9.17, 15) is 9.90 Å². The lowest BCUT2D eigenvalue weighted by Crippen LogP contribution is -2.29. The molecule has 0 aliphatic rings. The molecule has 0 aromatic heterocycles. The van der Waals surface area contributed by atoms with Crippen LogP contribution in [0.3, 0.4) is 0 Å². The van der Waals surface area contributed by atoms with E-state index in [-0.39, 0.29) is 5.75 Å². The molecule has 6 nitrogen and oxygen atoms in total. The summed E-state index contributed by atoms with van der Waals surface area (Å²) in [6, 6.07) is 5.34. The van der Waals surface area contributed by atoms with Gasteiger partial charge in [-0.25, -0.2) is 10.2 Å². The maximum atomic E-state index is 11.4. The third kappa shape index (κ3) is 5.63. The van der Waals surface area contributed by atoms with Crippen molar-refractivity contribution in [1.29, 1.82) is 0 Å². The molecule has 0 spiro atoms. The molecule has 0 saturated carbocycles. The van der Waals surface area contributed by atoms with Crippen molar-refractivity contribution in [3.8, 4) is 5.75 Å². The van der Waals surface area contributed by atoms with E-state index in [4.69, 9.17) is 4.74 Å². The number of nitrogens with one attached hydrogen (secondary N) is 1. The number of carbonyl (C=O) groups is 1. The number of amides is 1. The molecule has 2 N–H and O–H groups in total. The molecule has 1 aromatic carbocycles. The van der Waals surface area contributed by atoms with Gasteiger partial charge in [0.2, 0.25) is 0 Å². The molecule has 0 fully saturated rings. The third-order valence-corrected chi connectivity index (χ3v) is 2.90. The third-order valence-electron chi connectivity index (χ3n) is 2.90. The highest BCUT2D eigenvalue weighted by Crippen LogP contribution is 2.23. The number of rotatable bonds is 5. The van der Waals surface area contributed by atoms with Crippen LogP contribution >= 0.6 is 0 Å². The average molecular weight is 307 g/mol. The summed E-state index contributed by atoms with van der Waals surface area (Å²) >= 11 is 0. The fourth-order valence-corrected chi connectivity index (χ4v) is 1.88. The highest BCUT2D eigenvalue weighted by molar-refractivity contribution is 5.85. The highest BCUT2D eigenvalue weighted by atomic mass is 16.6. The fourth-order valence-electron chi connectivity index (χ4n) is 1.88. The van der Waals surface area contributed by atoms with Crippen LogP contribution in [0.5, 0.6) is 5.75 Å². The Hall–Kier alpha value is -2.24. The number of phenolic OH excluding ortho intramolecular Hbond substituents is 1. The smallest absolute Gasteiger partial charge is 0.428 e. The van der Waals surface area contributed by atoms with Crippen molar-refractivity contribution >= 4 is 18.0 Å². The monoisotopic (exact) mass is 307 g/mol. The van der Waals surface area contributed by atoms with E-state index in [1.165, 1.54) is 6.21 Å². The van der Waals surface area contributed by atoms with Gasteiger partial charge in [-0.05, 0) is 46.8 Å². The van der Waals surface area contributed by atoms with Gasteiger partial charge in [0, 0.05) is 30.4 Å². The number of carbonyl (C=O) groups excluding carboxylic acids is 1. The molecule has 0 saturated heterocycles. The lowest BCUT2D eigenvalue weighted by molar-refractivity contribution is 0.0529. The fraction of sp³-hybridized carbons (Fsp3) is 0.500. The minimum Gasteiger partial charge on any atom is -0.507 e. The van der Waals surface area contributed by atoms with Gasteiger partial charge in [-0.1, -0.05) is 0 Å². The Morgan fingerprint density at radius 2 is 2.00 bits per heavy atom. The van der Waals surface area contributed by atoms with Gasteiger partial charge in [0.25, 0.3) is 0 Å². The highest BCUT2D eigenvalue weighted by Gasteiger charge is 2.15. The van der Waals surface area contributed by atoms with Crippen molar-refractivity contribution < 1.29 is 14.6 Å². The second-order valence-corrected chi connectivity index (χ2v) is 5.79.